The molecule has 1 atom stereocenters. The molecule has 1 saturated heterocycles. The van der Waals surface area contributed by atoms with Crippen LogP contribution in [0, 0.1) is 23.1 Å². The van der Waals surface area contributed by atoms with E-state index < -0.39 is 0 Å². The lowest BCUT2D eigenvalue weighted by Gasteiger charge is -2.16. The van der Waals surface area contributed by atoms with Gasteiger partial charge in [0.05, 0.1) is 5.56 Å². The Bertz CT molecular complexity index is 439. The molecule has 3 nitrogen and oxygen atoms in total. The Morgan fingerprint density at radius 3 is 3.00 bits per heavy atom. The Labute approximate surface area is 101 Å². The Balaban J connectivity index is 2.07. The number of hydrogen-bond acceptors (Lipinski definition) is 3. The number of nitriles is 1. The zero-order valence-electron chi connectivity index (χ0n) is 9.69. The summed E-state index contributed by atoms with van der Waals surface area (Å²) in [7, 11) is 0. The van der Waals surface area contributed by atoms with Gasteiger partial charge in [0, 0.05) is 18.7 Å². The van der Waals surface area contributed by atoms with E-state index in [1.165, 1.54) is 6.07 Å². The number of likely N-dealkylation sites (tertiary alicyclic amines) is 1. The van der Waals surface area contributed by atoms with E-state index >= 15 is 0 Å². The second-order valence-electron chi connectivity index (χ2n) is 4.52. The first-order valence-electron chi connectivity index (χ1n) is 5.84. The van der Waals surface area contributed by atoms with E-state index in [0.29, 0.717) is 24.6 Å². The summed E-state index contributed by atoms with van der Waals surface area (Å²) in [5.41, 5.74) is 6.34. The van der Waals surface area contributed by atoms with Crippen molar-refractivity contribution < 1.29 is 4.39 Å². The molecule has 0 radical (unpaired) electrons. The number of rotatable bonds is 3. The maximum atomic E-state index is 13.8. The Hall–Kier alpha value is -1.44. The zero-order valence-corrected chi connectivity index (χ0v) is 9.69. The highest BCUT2D eigenvalue weighted by atomic mass is 19.1. The van der Waals surface area contributed by atoms with E-state index in [-0.39, 0.29) is 11.4 Å². The largest absolute Gasteiger partial charge is 0.330 e. The average molecular weight is 233 g/mol. The van der Waals surface area contributed by atoms with Crippen LogP contribution in [0.5, 0.6) is 0 Å². The predicted octanol–water partition coefficient (Wildman–Crippen LogP) is 1.48. The van der Waals surface area contributed by atoms with E-state index in [2.05, 4.69) is 4.90 Å². The second-order valence-corrected chi connectivity index (χ2v) is 4.52. The van der Waals surface area contributed by atoms with Gasteiger partial charge in [0.25, 0.3) is 0 Å². The van der Waals surface area contributed by atoms with Crippen LogP contribution < -0.4 is 5.73 Å². The summed E-state index contributed by atoms with van der Waals surface area (Å²) in [4.78, 5) is 2.19. The van der Waals surface area contributed by atoms with Gasteiger partial charge in [-0.25, -0.2) is 4.39 Å². The van der Waals surface area contributed by atoms with Crippen LogP contribution in [0.2, 0.25) is 0 Å². The van der Waals surface area contributed by atoms with E-state index in [1.54, 1.807) is 12.1 Å². The standard InChI is InChI=1S/C13H16FN3/c14-13-11(7-16)2-1-3-12(13)9-17-5-4-10(6-15)8-17/h1-3,10H,4-6,8-9,15H2. The molecule has 1 aliphatic rings. The third-order valence-electron chi connectivity index (χ3n) is 3.30. The Morgan fingerprint density at radius 1 is 1.53 bits per heavy atom. The van der Waals surface area contributed by atoms with Crippen molar-refractivity contribution in [2.24, 2.45) is 11.7 Å². The summed E-state index contributed by atoms with van der Waals surface area (Å²) in [6.45, 7) is 3.14. The molecule has 0 aromatic heterocycles. The van der Waals surface area contributed by atoms with Crippen molar-refractivity contribution in [3.05, 3.63) is 35.1 Å². The molecular weight excluding hydrogens is 217 g/mol. The molecular formula is C13H16FN3. The Kier molecular flexibility index (Phi) is 3.72. The van der Waals surface area contributed by atoms with Gasteiger partial charge in [0.1, 0.15) is 11.9 Å². The molecule has 0 saturated carbocycles. The topological polar surface area (TPSA) is 53.0 Å². The normalized spacial score (nSPS) is 20.4. The summed E-state index contributed by atoms with van der Waals surface area (Å²) in [5, 5.41) is 8.76. The summed E-state index contributed by atoms with van der Waals surface area (Å²) in [5.74, 6) is 0.142. The first-order valence-corrected chi connectivity index (χ1v) is 5.84. The van der Waals surface area contributed by atoms with Gasteiger partial charge in [-0.05, 0) is 31.5 Å². The van der Waals surface area contributed by atoms with Crippen LogP contribution in [0.3, 0.4) is 0 Å². The summed E-state index contributed by atoms with van der Waals surface area (Å²) in [6, 6.07) is 6.84. The summed E-state index contributed by atoms with van der Waals surface area (Å²) < 4.78 is 13.8. The third kappa shape index (κ3) is 2.63. The summed E-state index contributed by atoms with van der Waals surface area (Å²) >= 11 is 0. The van der Waals surface area contributed by atoms with Crippen molar-refractivity contribution in [3.63, 3.8) is 0 Å². The van der Waals surface area contributed by atoms with Gasteiger partial charge < -0.3 is 5.73 Å². The molecule has 90 valence electrons. The van der Waals surface area contributed by atoms with E-state index in [1.807, 2.05) is 6.07 Å². The van der Waals surface area contributed by atoms with Crippen LogP contribution in [-0.4, -0.2) is 24.5 Å². The van der Waals surface area contributed by atoms with Crippen molar-refractivity contribution in [1.82, 2.24) is 4.90 Å². The SMILES string of the molecule is N#Cc1cccc(CN2CCC(CN)C2)c1F. The van der Waals surface area contributed by atoms with Gasteiger partial charge in [0.2, 0.25) is 0 Å². The smallest absolute Gasteiger partial charge is 0.145 e. The minimum absolute atomic E-state index is 0.122. The van der Waals surface area contributed by atoms with E-state index in [9.17, 15) is 4.39 Å². The van der Waals surface area contributed by atoms with E-state index in [4.69, 9.17) is 11.0 Å². The number of nitrogens with two attached hydrogens (primary N) is 1. The van der Waals surface area contributed by atoms with Crippen molar-refractivity contribution in [2.45, 2.75) is 13.0 Å². The van der Waals surface area contributed by atoms with Gasteiger partial charge in [-0.15, -0.1) is 0 Å². The fourth-order valence-electron chi connectivity index (χ4n) is 2.28. The van der Waals surface area contributed by atoms with E-state index in [0.717, 1.165) is 19.5 Å². The van der Waals surface area contributed by atoms with Crippen molar-refractivity contribution >= 4 is 0 Å². The number of benzene rings is 1. The minimum atomic E-state index is -0.383. The highest BCUT2D eigenvalue weighted by Gasteiger charge is 2.22. The molecule has 1 aromatic rings. The molecule has 1 unspecified atom stereocenters. The van der Waals surface area contributed by atoms with Gasteiger partial charge in [0.15, 0.2) is 0 Å². The van der Waals surface area contributed by atoms with Crippen LogP contribution in [0.25, 0.3) is 0 Å². The predicted molar refractivity (Wildman–Crippen MR) is 63.6 cm³/mol. The van der Waals surface area contributed by atoms with Gasteiger partial charge in [-0.1, -0.05) is 12.1 Å². The van der Waals surface area contributed by atoms with Crippen LogP contribution in [0.4, 0.5) is 4.39 Å². The Morgan fingerprint density at radius 2 is 2.35 bits per heavy atom. The molecule has 1 aliphatic heterocycles. The monoisotopic (exact) mass is 233 g/mol. The number of nitrogens with zero attached hydrogens (tertiary/aromatic N) is 2. The molecule has 0 amide bonds. The zero-order chi connectivity index (χ0) is 12.3. The number of hydrogen-bond donors (Lipinski definition) is 1. The molecule has 2 rings (SSSR count). The van der Waals surface area contributed by atoms with Crippen molar-refractivity contribution in [2.75, 3.05) is 19.6 Å². The fraction of sp³-hybridized carbons (Fsp3) is 0.462. The van der Waals surface area contributed by atoms with Crippen molar-refractivity contribution in [1.29, 1.82) is 5.26 Å². The maximum absolute atomic E-state index is 13.8. The molecule has 0 bridgehead atoms. The molecule has 4 heteroatoms. The molecule has 1 aromatic carbocycles. The molecule has 0 aliphatic carbocycles. The average Bonchev–Trinajstić information content (AvgIpc) is 2.79. The van der Waals surface area contributed by atoms with Crippen LogP contribution in [0.1, 0.15) is 17.5 Å². The first kappa shape index (κ1) is 12.0. The lowest BCUT2D eigenvalue weighted by atomic mass is 10.1. The third-order valence-corrected chi connectivity index (χ3v) is 3.30. The minimum Gasteiger partial charge on any atom is -0.330 e. The number of halogens is 1. The molecule has 0 spiro atoms. The molecule has 17 heavy (non-hydrogen) atoms. The lowest BCUT2D eigenvalue weighted by molar-refractivity contribution is 0.312. The highest BCUT2D eigenvalue weighted by Crippen LogP contribution is 2.20. The molecule has 2 N–H and O–H groups in total. The first-order chi connectivity index (χ1) is 8.24. The fourth-order valence-corrected chi connectivity index (χ4v) is 2.28. The highest BCUT2D eigenvalue weighted by molar-refractivity contribution is 5.34. The van der Waals surface area contributed by atoms with Crippen LogP contribution in [-0.2, 0) is 6.54 Å². The van der Waals surface area contributed by atoms with Gasteiger partial charge in [-0.3, -0.25) is 4.90 Å². The summed E-state index contributed by atoms with van der Waals surface area (Å²) in [6.07, 6.45) is 1.08. The molecule has 1 fully saturated rings. The van der Waals surface area contributed by atoms with Crippen molar-refractivity contribution in [3.8, 4) is 6.07 Å². The van der Waals surface area contributed by atoms with Gasteiger partial charge in [-0.2, -0.15) is 5.26 Å². The second kappa shape index (κ2) is 5.26. The van der Waals surface area contributed by atoms with Gasteiger partial charge >= 0.3 is 0 Å². The quantitative estimate of drug-likeness (QED) is 0.860. The maximum Gasteiger partial charge on any atom is 0.145 e. The van der Waals surface area contributed by atoms with Crippen LogP contribution in [0.15, 0.2) is 18.2 Å². The molecule has 1 heterocycles. The lowest BCUT2D eigenvalue weighted by Crippen LogP contribution is -2.23. The van der Waals surface area contributed by atoms with Crippen LogP contribution >= 0.6 is 0 Å².